The van der Waals surface area contributed by atoms with Gasteiger partial charge in [0.1, 0.15) is 11.4 Å². The number of hydrogen-bond acceptors (Lipinski definition) is 4. The Labute approximate surface area is 112 Å². The van der Waals surface area contributed by atoms with Crippen LogP contribution in [-0.2, 0) is 13.1 Å². The fraction of sp³-hybridized carbons (Fsp3) is 0.538. The highest BCUT2D eigenvalue weighted by atomic mass is 32.1. The first-order valence-electron chi connectivity index (χ1n) is 6.53. The summed E-state index contributed by atoms with van der Waals surface area (Å²) >= 11 is 1.71. The molecule has 0 saturated heterocycles. The molecule has 0 bridgehead atoms. The lowest BCUT2D eigenvalue weighted by molar-refractivity contribution is 0.532. The van der Waals surface area contributed by atoms with Crippen molar-refractivity contribution in [1.29, 1.82) is 0 Å². The second-order valence-corrected chi connectivity index (χ2v) is 5.30. The largest absolute Gasteiger partial charge is 0.325 e. The van der Waals surface area contributed by atoms with Crippen LogP contribution < -0.4 is 5.73 Å². The monoisotopic (exact) mass is 264 g/mol. The lowest BCUT2D eigenvalue weighted by Crippen LogP contribution is -2.04. The molecule has 2 aromatic heterocycles. The second kappa shape index (κ2) is 6.66. The summed E-state index contributed by atoms with van der Waals surface area (Å²) in [6, 6.07) is 4.15. The lowest BCUT2D eigenvalue weighted by atomic mass is 10.2. The third-order valence-corrected chi connectivity index (χ3v) is 3.85. The van der Waals surface area contributed by atoms with E-state index < -0.39 is 0 Å². The van der Waals surface area contributed by atoms with E-state index in [0.717, 1.165) is 24.4 Å². The number of nitrogens with zero attached hydrogens (tertiary/aromatic N) is 3. The Bertz CT molecular complexity index is 461. The second-order valence-electron chi connectivity index (χ2n) is 4.35. The average Bonchev–Trinajstić information content (AvgIpc) is 3.02. The molecule has 98 valence electrons. The number of aryl methyl sites for hydroxylation is 1. The number of nitrogens with two attached hydrogens (primary N) is 1. The van der Waals surface area contributed by atoms with Crippen LogP contribution in [-0.4, -0.2) is 15.0 Å². The highest BCUT2D eigenvalue weighted by Gasteiger charge is 2.14. The van der Waals surface area contributed by atoms with Crippen molar-refractivity contribution < 1.29 is 0 Å². The molecule has 0 saturated carbocycles. The fourth-order valence-corrected chi connectivity index (χ4v) is 2.81. The number of unbranched alkanes of at least 4 members (excludes halogenated alkanes) is 3. The van der Waals surface area contributed by atoms with E-state index in [0.29, 0.717) is 6.54 Å². The van der Waals surface area contributed by atoms with Gasteiger partial charge in [-0.1, -0.05) is 37.5 Å². The van der Waals surface area contributed by atoms with Gasteiger partial charge in [-0.25, -0.2) is 4.68 Å². The van der Waals surface area contributed by atoms with Crippen molar-refractivity contribution >= 4 is 11.3 Å². The normalized spacial score (nSPS) is 11.0. The molecular formula is C13H20N4S. The standard InChI is InChI=1S/C13H20N4S/c1-2-3-4-5-8-17-13(11(10-14)15-16-17)12-7-6-9-18-12/h6-7,9H,2-5,8,10,14H2,1H3. The van der Waals surface area contributed by atoms with E-state index in [2.05, 4.69) is 34.7 Å². The maximum Gasteiger partial charge on any atom is 0.105 e. The van der Waals surface area contributed by atoms with Gasteiger partial charge in [-0.05, 0) is 17.9 Å². The first-order chi connectivity index (χ1) is 8.86. The zero-order chi connectivity index (χ0) is 12.8. The predicted octanol–water partition coefficient (Wildman–Crippen LogP) is 3.05. The number of aromatic nitrogens is 3. The van der Waals surface area contributed by atoms with E-state index in [-0.39, 0.29) is 0 Å². The first-order valence-corrected chi connectivity index (χ1v) is 7.41. The minimum absolute atomic E-state index is 0.447. The topological polar surface area (TPSA) is 56.7 Å². The number of thiophene rings is 1. The number of rotatable bonds is 7. The smallest absolute Gasteiger partial charge is 0.105 e. The summed E-state index contributed by atoms with van der Waals surface area (Å²) in [6.45, 7) is 3.60. The molecule has 2 rings (SSSR count). The quantitative estimate of drug-likeness (QED) is 0.782. The van der Waals surface area contributed by atoms with Crippen LogP contribution in [0.25, 0.3) is 10.6 Å². The van der Waals surface area contributed by atoms with Gasteiger partial charge >= 0.3 is 0 Å². The molecule has 0 atom stereocenters. The van der Waals surface area contributed by atoms with Gasteiger partial charge in [0.25, 0.3) is 0 Å². The van der Waals surface area contributed by atoms with Crippen LogP contribution in [0.15, 0.2) is 17.5 Å². The fourth-order valence-electron chi connectivity index (χ4n) is 2.01. The Kier molecular flexibility index (Phi) is 4.90. The Morgan fingerprint density at radius 1 is 1.33 bits per heavy atom. The van der Waals surface area contributed by atoms with Gasteiger partial charge in [0.2, 0.25) is 0 Å². The van der Waals surface area contributed by atoms with Gasteiger partial charge in [0.05, 0.1) is 4.88 Å². The summed E-state index contributed by atoms with van der Waals surface area (Å²) < 4.78 is 2.00. The molecule has 2 aromatic rings. The Balaban J connectivity index is 2.13. The van der Waals surface area contributed by atoms with Gasteiger partial charge in [0, 0.05) is 13.1 Å². The minimum Gasteiger partial charge on any atom is -0.325 e. The van der Waals surface area contributed by atoms with Gasteiger partial charge in [-0.3, -0.25) is 0 Å². The third kappa shape index (κ3) is 2.97. The Morgan fingerprint density at radius 3 is 2.89 bits per heavy atom. The summed E-state index contributed by atoms with van der Waals surface area (Å²) in [7, 11) is 0. The van der Waals surface area contributed by atoms with Crippen LogP contribution in [0.5, 0.6) is 0 Å². The highest BCUT2D eigenvalue weighted by Crippen LogP contribution is 2.27. The van der Waals surface area contributed by atoms with Crippen molar-refractivity contribution in [3.63, 3.8) is 0 Å². The van der Waals surface area contributed by atoms with Crippen LogP contribution in [0, 0.1) is 0 Å². The summed E-state index contributed by atoms with van der Waals surface area (Å²) in [5.41, 5.74) is 7.73. The summed E-state index contributed by atoms with van der Waals surface area (Å²) in [5, 5.41) is 10.5. The Hall–Kier alpha value is -1.20. The molecule has 0 aliphatic carbocycles. The van der Waals surface area contributed by atoms with E-state index in [9.17, 15) is 0 Å². The van der Waals surface area contributed by atoms with E-state index in [1.54, 1.807) is 11.3 Å². The molecule has 0 spiro atoms. The molecule has 0 radical (unpaired) electrons. The molecule has 0 aromatic carbocycles. The van der Waals surface area contributed by atoms with Crippen LogP contribution >= 0.6 is 11.3 Å². The predicted molar refractivity (Wildman–Crippen MR) is 75.4 cm³/mol. The van der Waals surface area contributed by atoms with Crippen LogP contribution in [0.4, 0.5) is 0 Å². The van der Waals surface area contributed by atoms with E-state index in [1.165, 1.54) is 24.1 Å². The zero-order valence-electron chi connectivity index (χ0n) is 10.8. The van der Waals surface area contributed by atoms with Crippen molar-refractivity contribution in [2.24, 2.45) is 5.73 Å². The third-order valence-electron chi connectivity index (χ3n) is 2.98. The van der Waals surface area contributed by atoms with Crippen molar-refractivity contribution in [3.8, 4) is 10.6 Å². The van der Waals surface area contributed by atoms with Crippen molar-refractivity contribution in [3.05, 3.63) is 23.2 Å². The van der Waals surface area contributed by atoms with Crippen molar-refractivity contribution in [2.45, 2.75) is 45.7 Å². The van der Waals surface area contributed by atoms with Crippen LogP contribution in [0.1, 0.15) is 38.3 Å². The maximum absolute atomic E-state index is 5.74. The molecule has 4 nitrogen and oxygen atoms in total. The van der Waals surface area contributed by atoms with Gasteiger partial charge in [-0.2, -0.15) is 0 Å². The lowest BCUT2D eigenvalue weighted by Gasteiger charge is -2.05. The van der Waals surface area contributed by atoms with Gasteiger partial charge in [-0.15, -0.1) is 16.4 Å². The summed E-state index contributed by atoms with van der Waals surface area (Å²) in [6.07, 6.45) is 4.94. The van der Waals surface area contributed by atoms with Gasteiger partial charge in [0.15, 0.2) is 0 Å². The van der Waals surface area contributed by atoms with Crippen LogP contribution in [0.2, 0.25) is 0 Å². The van der Waals surface area contributed by atoms with Crippen molar-refractivity contribution in [1.82, 2.24) is 15.0 Å². The molecule has 18 heavy (non-hydrogen) atoms. The maximum atomic E-state index is 5.74. The molecule has 2 N–H and O–H groups in total. The molecule has 2 heterocycles. The van der Waals surface area contributed by atoms with E-state index in [4.69, 9.17) is 5.73 Å². The molecule has 0 aliphatic rings. The zero-order valence-corrected chi connectivity index (χ0v) is 11.6. The SMILES string of the molecule is CCCCCCn1nnc(CN)c1-c1cccs1. The molecule has 5 heteroatoms. The summed E-state index contributed by atoms with van der Waals surface area (Å²) in [5.74, 6) is 0. The van der Waals surface area contributed by atoms with E-state index >= 15 is 0 Å². The first kappa shape index (κ1) is 13.2. The summed E-state index contributed by atoms with van der Waals surface area (Å²) in [4.78, 5) is 1.20. The van der Waals surface area contributed by atoms with Crippen LogP contribution in [0.3, 0.4) is 0 Å². The van der Waals surface area contributed by atoms with Crippen molar-refractivity contribution in [2.75, 3.05) is 0 Å². The minimum atomic E-state index is 0.447. The highest BCUT2D eigenvalue weighted by molar-refractivity contribution is 7.13. The molecule has 0 fully saturated rings. The van der Waals surface area contributed by atoms with E-state index in [1.807, 2.05) is 4.68 Å². The molecule has 0 aliphatic heterocycles. The number of hydrogen-bond donors (Lipinski definition) is 1. The molecule has 0 unspecified atom stereocenters. The molecular weight excluding hydrogens is 244 g/mol. The Morgan fingerprint density at radius 2 is 2.22 bits per heavy atom. The molecule has 0 amide bonds. The van der Waals surface area contributed by atoms with Gasteiger partial charge < -0.3 is 5.73 Å². The average molecular weight is 264 g/mol.